The predicted octanol–water partition coefficient (Wildman–Crippen LogP) is 0.947. The molecule has 0 saturated carbocycles. The van der Waals surface area contributed by atoms with Crippen LogP contribution in [0.4, 0.5) is 0 Å². The van der Waals surface area contributed by atoms with Gasteiger partial charge in [0.15, 0.2) is 0 Å². The van der Waals surface area contributed by atoms with Crippen LogP contribution in [-0.2, 0) is 16.0 Å². The van der Waals surface area contributed by atoms with E-state index in [1.807, 2.05) is 0 Å². The van der Waals surface area contributed by atoms with E-state index in [2.05, 4.69) is 9.72 Å². The van der Waals surface area contributed by atoms with E-state index >= 15 is 0 Å². The van der Waals surface area contributed by atoms with E-state index in [1.54, 1.807) is 32.0 Å². The highest BCUT2D eigenvalue weighted by Gasteiger charge is 2.31. The summed E-state index contributed by atoms with van der Waals surface area (Å²) in [5.41, 5.74) is -0.370. The fourth-order valence-corrected chi connectivity index (χ4v) is 1.32. The average molecular weight is 239 g/mol. The standard InChI is InChI=1S/C12H17NO4/c1-12(2,11(15)16-3)17-10-6-4-5-9(13-10)7-8-14/h4-6,14H,7-8H2,1-3H3. The molecule has 1 aromatic rings. The molecular formula is C12H17NO4. The van der Waals surface area contributed by atoms with Crippen LogP contribution in [0.5, 0.6) is 5.88 Å². The molecule has 0 aromatic carbocycles. The average Bonchev–Trinajstić information content (AvgIpc) is 2.28. The van der Waals surface area contributed by atoms with E-state index in [1.165, 1.54) is 7.11 Å². The second-order valence-corrected chi connectivity index (χ2v) is 4.04. The van der Waals surface area contributed by atoms with Gasteiger partial charge in [-0.2, -0.15) is 0 Å². The molecule has 0 atom stereocenters. The van der Waals surface area contributed by atoms with Gasteiger partial charge in [0.2, 0.25) is 11.5 Å². The molecule has 1 heterocycles. The number of carbonyl (C=O) groups excluding carboxylic acids is 1. The van der Waals surface area contributed by atoms with Gasteiger partial charge in [0, 0.05) is 24.8 Å². The maximum Gasteiger partial charge on any atom is 0.349 e. The molecule has 5 nitrogen and oxygen atoms in total. The third kappa shape index (κ3) is 3.71. The molecule has 1 rings (SSSR count). The molecule has 94 valence electrons. The lowest BCUT2D eigenvalue weighted by Gasteiger charge is -2.22. The largest absolute Gasteiger partial charge is 0.466 e. The first-order valence-electron chi connectivity index (χ1n) is 5.34. The topological polar surface area (TPSA) is 68.7 Å². The lowest BCUT2D eigenvalue weighted by molar-refractivity contribution is -0.156. The first-order valence-corrected chi connectivity index (χ1v) is 5.34. The molecule has 0 radical (unpaired) electrons. The molecule has 1 N–H and O–H groups in total. The van der Waals surface area contributed by atoms with Crippen molar-refractivity contribution in [1.82, 2.24) is 4.98 Å². The summed E-state index contributed by atoms with van der Waals surface area (Å²) in [6.45, 7) is 3.25. The van der Waals surface area contributed by atoms with E-state index in [9.17, 15) is 4.79 Å². The zero-order valence-corrected chi connectivity index (χ0v) is 10.3. The Kier molecular flexibility index (Phi) is 4.45. The number of hydrogen-bond donors (Lipinski definition) is 1. The van der Waals surface area contributed by atoms with Gasteiger partial charge in [-0.25, -0.2) is 9.78 Å². The van der Waals surface area contributed by atoms with Crippen molar-refractivity contribution in [3.63, 3.8) is 0 Å². The van der Waals surface area contributed by atoms with Crippen LogP contribution in [0.25, 0.3) is 0 Å². The number of esters is 1. The highest BCUT2D eigenvalue weighted by Crippen LogP contribution is 2.17. The zero-order chi connectivity index (χ0) is 12.9. The first kappa shape index (κ1) is 13.4. The summed E-state index contributed by atoms with van der Waals surface area (Å²) >= 11 is 0. The van der Waals surface area contributed by atoms with Gasteiger partial charge in [-0.15, -0.1) is 0 Å². The smallest absolute Gasteiger partial charge is 0.349 e. The summed E-state index contributed by atoms with van der Waals surface area (Å²) in [5, 5.41) is 8.81. The van der Waals surface area contributed by atoms with Crippen LogP contribution < -0.4 is 4.74 Å². The third-order valence-electron chi connectivity index (χ3n) is 2.19. The van der Waals surface area contributed by atoms with E-state index < -0.39 is 11.6 Å². The quantitative estimate of drug-likeness (QED) is 0.775. The van der Waals surface area contributed by atoms with Crippen LogP contribution in [0.3, 0.4) is 0 Å². The molecule has 17 heavy (non-hydrogen) atoms. The number of rotatable bonds is 5. The highest BCUT2D eigenvalue weighted by molar-refractivity contribution is 5.78. The third-order valence-corrected chi connectivity index (χ3v) is 2.19. The molecule has 0 fully saturated rings. The highest BCUT2D eigenvalue weighted by atomic mass is 16.6. The van der Waals surface area contributed by atoms with Crippen molar-refractivity contribution in [2.75, 3.05) is 13.7 Å². The van der Waals surface area contributed by atoms with Crippen molar-refractivity contribution in [3.8, 4) is 5.88 Å². The van der Waals surface area contributed by atoms with Gasteiger partial charge in [-0.3, -0.25) is 0 Å². The lowest BCUT2D eigenvalue weighted by atomic mass is 10.1. The number of pyridine rings is 1. The number of nitrogens with zero attached hydrogens (tertiary/aromatic N) is 1. The summed E-state index contributed by atoms with van der Waals surface area (Å²) in [6, 6.07) is 5.21. The normalized spacial score (nSPS) is 11.1. The molecule has 0 bridgehead atoms. The zero-order valence-electron chi connectivity index (χ0n) is 10.3. The summed E-state index contributed by atoms with van der Waals surface area (Å²) < 4.78 is 10.1. The number of aliphatic hydroxyl groups is 1. The molecule has 0 spiro atoms. The summed E-state index contributed by atoms with van der Waals surface area (Å²) in [5.74, 6) is -0.127. The van der Waals surface area contributed by atoms with E-state index in [0.29, 0.717) is 18.0 Å². The number of hydrogen-bond acceptors (Lipinski definition) is 5. The maximum absolute atomic E-state index is 11.4. The molecule has 0 amide bonds. The molecule has 1 aromatic heterocycles. The minimum Gasteiger partial charge on any atom is -0.466 e. The van der Waals surface area contributed by atoms with Crippen LogP contribution in [0.1, 0.15) is 19.5 Å². The Balaban J connectivity index is 2.80. The van der Waals surface area contributed by atoms with Crippen molar-refractivity contribution in [1.29, 1.82) is 0 Å². The molecular weight excluding hydrogens is 222 g/mol. The second kappa shape index (κ2) is 5.63. The van der Waals surface area contributed by atoms with Gasteiger partial charge in [-0.1, -0.05) is 6.07 Å². The molecule has 0 aliphatic heterocycles. The van der Waals surface area contributed by atoms with Crippen LogP contribution in [0.15, 0.2) is 18.2 Å². The van der Waals surface area contributed by atoms with E-state index in [0.717, 1.165) is 0 Å². The van der Waals surface area contributed by atoms with Gasteiger partial charge in [0.05, 0.1) is 7.11 Å². The van der Waals surface area contributed by atoms with Crippen LogP contribution >= 0.6 is 0 Å². The first-order chi connectivity index (χ1) is 7.99. The van der Waals surface area contributed by atoms with Crippen molar-refractivity contribution in [3.05, 3.63) is 23.9 Å². The van der Waals surface area contributed by atoms with Gasteiger partial charge in [0.1, 0.15) is 0 Å². The molecule has 0 unspecified atom stereocenters. The van der Waals surface area contributed by atoms with Crippen LogP contribution in [0, 0.1) is 0 Å². The summed E-state index contributed by atoms with van der Waals surface area (Å²) in [4.78, 5) is 15.6. The Bertz CT molecular complexity index is 390. The van der Waals surface area contributed by atoms with Gasteiger partial charge >= 0.3 is 5.97 Å². The molecule has 5 heteroatoms. The monoisotopic (exact) mass is 239 g/mol. The Morgan fingerprint density at radius 3 is 2.76 bits per heavy atom. The van der Waals surface area contributed by atoms with E-state index in [4.69, 9.17) is 9.84 Å². The van der Waals surface area contributed by atoms with Crippen molar-refractivity contribution < 1.29 is 19.4 Å². The SMILES string of the molecule is COC(=O)C(C)(C)Oc1cccc(CCO)n1. The number of ether oxygens (including phenoxy) is 2. The number of aliphatic hydroxyl groups excluding tert-OH is 1. The van der Waals surface area contributed by atoms with Gasteiger partial charge in [0.25, 0.3) is 0 Å². The Hall–Kier alpha value is -1.62. The summed E-state index contributed by atoms with van der Waals surface area (Å²) in [7, 11) is 1.31. The van der Waals surface area contributed by atoms with E-state index in [-0.39, 0.29) is 6.61 Å². The van der Waals surface area contributed by atoms with Crippen LogP contribution in [-0.4, -0.2) is 35.4 Å². The van der Waals surface area contributed by atoms with Crippen molar-refractivity contribution in [2.24, 2.45) is 0 Å². The Morgan fingerprint density at radius 2 is 2.18 bits per heavy atom. The number of aromatic nitrogens is 1. The fourth-order valence-electron chi connectivity index (χ4n) is 1.32. The Labute approximate surface area is 100 Å². The van der Waals surface area contributed by atoms with Crippen LogP contribution in [0.2, 0.25) is 0 Å². The second-order valence-electron chi connectivity index (χ2n) is 4.04. The molecule has 0 aliphatic rings. The van der Waals surface area contributed by atoms with Crippen molar-refractivity contribution in [2.45, 2.75) is 25.9 Å². The van der Waals surface area contributed by atoms with Crippen molar-refractivity contribution >= 4 is 5.97 Å². The minimum atomic E-state index is -1.08. The lowest BCUT2D eigenvalue weighted by Crippen LogP contribution is -2.39. The Morgan fingerprint density at radius 1 is 1.47 bits per heavy atom. The molecule has 0 aliphatic carbocycles. The number of methoxy groups -OCH3 is 1. The minimum absolute atomic E-state index is 0.0247. The predicted molar refractivity (Wildman–Crippen MR) is 61.7 cm³/mol. The fraction of sp³-hybridized carbons (Fsp3) is 0.500. The number of carbonyl (C=O) groups is 1. The van der Waals surface area contributed by atoms with Gasteiger partial charge < -0.3 is 14.6 Å². The molecule has 0 saturated heterocycles. The summed E-state index contributed by atoms with van der Waals surface area (Å²) in [6.07, 6.45) is 0.454. The maximum atomic E-state index is 11.4. The van der Waals surface area contributed by atoms with Gasteiger partial charge in [-0.05, 0) is 19.9 Å².